The van der Waals surface area contributed by atoms with E-state index in [0.29, 0.717) is 16.9 Å². The number of nitrogens with one attached hydrogen (secondary N) is 2. The summed E-state index contributed by atoms with van der Waals surface area (Å²) < 4.78 is 14.6. The molecule has 5 heteroatoms. The molecule has 128 valence electrons. The van der Waals surface area contributed by atoms with Crippen LogP contribution in [-0.2, 0) is 0 Å². The highest BCUT2D eigenvalue weighted by Gasteiger charge is 2.27. The van der Waals surface area contributed by atoms with Crippen molar-refractivity contribution in [2.45, 2.75) is 6.04 Å². The van der Waals surface area contributed by atoms with Gasteiger partial charge in [0.1, 0.15) is 11.6 Å². The number of nitrogens with zero attached hydrogens (tertiary/aromatic N) is 1. The predicted octanol–water partition coefficient (Wildman–Crippen LogP) is 4.10. The Kier molecular flexibility index (Phi) is 4.19. The number of rotatable bonds is 4. The Morgan fingerprint density at radius 3 is 2.62 bits per heavy atom. The van der Waals surface area contributed by atoms with Gasteiger partial charge < -0.3 is 5.11 Å². The van der Waals surface area contributed by atoms with Crippen molar-refractivity contribution in [2.75, 3.05) is 5.32 Å². The number of aromatic nitrogens is 2. The molecular weight excluding hydrogens is 329 g/mol. The molecule has 0 aliphatic carbocycles. The molecule has 0 unspecified atom stereocenters. The van der Waals surface area contributed by atoms with Crippen molar-refractivity contribution in [3.8, 4) is 5.75 Å². The van der Waals surface area contributed by atoms with Gasteiger partial charge in [0.05, 0.1) is 17.3 Å². The number of phenols is 1. The lowest BCUT2D eigenvalue weighted by Crippen LogP contribution is -2.20. The third-order valence-corrected chi connectivity index (χ3v) is 4.32. The maximum absolute atomic E-state index is 14.6. The van der Waals surface area contributed by atoms with Crippen LogP contribution in [0.4, 0.5) is 10.2 Å². The topological polar surface area (TPSA) is 59.3 Å². The van der Waals surface area contributed by atoms with Crippen LogP contribution in [0.25, 0.3) is 10.9 Å². The van der Waals surface area contributed by atoms with Crippen molar-refractivity contribution in [1.29, 1.82) is 0 Å². The van der Waals surface area contributed by atoms with Crippen molar-refractivity contribution in [1.82, 2.24) is 4.98 Å². The molecule has 0 aliphatic rings. The summed E-state index contributed by atoms with van der Waals surface area (Å²) in [6.45, 7) is 0. The van der Waals surface area contributed by atoms with Gasteiger partial charge in [-0.25, -0.2) is 9.37 Å². The van der Waals surface area contributed by atoms with E-state index in [2.05, 4.69) is 15.3 Å². The van der Waals surface area contributed by atoms with Gasteiger partial charge in [0.2, 0.25) is 0 Å². The Bertz CT molecular complexity index is 1050. The first-order valence-corrected chi connectivity index (χ1v) is 8.28. The second-order valence-corrected chi connectivity index (χ2v) is 5.94. The van der Waals surface area contributed by atoms with E-state index in [0.717, 1.165) is 10.9 Å². The monoisotopic (exact) mass is 346 g/mol. The number of anilines is 1. The van der Waals surface area contributed by atoms with E-state index in [1.54, 1.807) is 48.8 Å². The molecule has 4 aromatic rings. The van der Waals surface area contributed by atoms with E-state index < -0.39 is 6.04 Å². The summed E-state index contributed by atoms with van der Waals surface area (Å²) >= 11 is 0. The lowest BCUT2D eigenvalue weighted by atomic mass is 9.93. The molecule has 3 N–H and O–H groups in total. The lowest BCUT2D eigenvalue weighted by Gasteiger charge is -2.19. The van der Waals surface area contributed by atoms with Crippen LogP contribution in [0.15, 0.2) is 79.1 Å². The molecule has 0 saturated carbocycles. The highest BCUT2D eigenvalue weighted by molar-refractivity contribution is 5.86. The Labute approximate surface area is 150 Å². The molecule has 0 amide bonds. The molecule has 4 nitrogen and oxygen atoms in total. The number of aromatic amines is 1. The first-order chi connectivity index (χ1) is 12.7. The molecule has 26 heavy (non-hydrogen) atoms. The van der Waals surface area contributed by atoms with E-state index in [4.69, 9.17) is 0 Å². The number of hydrogen-bond acceptors (Lipinski definition) is 3. The minimum atomic E-state index is -0.595. The van der Waals surface area contributed by atoms with E-state index in [1.807, 2.05) is 24.3 Å². The summed E-state index contributed by atoms with van der Waals surface area (Å²) in [5.74, 6) is 0.449. The Morgan fingerprint density at radius 2 is 1.81 bits per heavy atom. The highest BCUT2D eigenvalue weighted by atomic mass is 19.1. The zero-order valence-corrected chi connectivity index (χ0v) is 13.9. The van der Waals surface area contributed by atoms with E-state index in [-0.39, 0.29) is 11.6 Å². The summed E-state index contributed by atoms with van der Waals surface area (Å²) in [5.41, 5.74) is 1.76. The summed E-state index contributed by atoms with van der Waals surface area (Å²) in [5, 5.41) is 14.7. The molecular formula is C21H17FN3O+. The molecule has 0 aliphatic heterocycles. The predicted molar refractivity (Wildman–Crippen MR) is 98.3 cm³/mol. The lowest BCUT2D eigenvalue weighted by molar-refractivity contribution is -0.361. The molecule has 2 aromatic carbocycles. The maximum Gasteiger partial charge on any atom is 0.272 e. The third kappa shape index (κ3) is 2.95. The van der Waals surface area contributed by atoms with Crippen molar-refractivity contribution in [3.05, 3.63) is 96.1 Å². The first-order valence-electron chi connectivity index (χ1n) is 8.28. The van der Waals surface area contributed by atoms with Crippen LogP contribution < -0.4 is 10.3 Å². The van der Waals surface area contributed by atoms with E-state index >= 15 is 0 Å². The number of halogens is 1. The quantitative estimate of drug-likeness (QED) is 0.585. The molecule has 2 heterocycles. The number of hydrogen-bond donors (Lipinski definition) is 2. The number of fused-ring (bicyclic) bond motifs is 1. The molecule has 0 spiro atoms. The molecule has 0 radical (unpaired) electrons. The van der Waals surface area contributed by atoms with E-state index in [9.17, 15) is 9.50 Å². The summed E-state index contributed by atoms with van der Waals surface area (Å²) in [6, 6.07) is 18.6. The number of pyridine rings is 2. The summed E-state index contributed by atoms with van der Waals surface area (Å²) in [6.07, 6.45) is 3.48. The SMILES string of the molecule is Oc1ccc2ncccc2c1[C@@H](Nc1cccc[nH+]1)c1ccccc1F. The van der Waals surface area contributed by atoms with Gasteiger partial charge in [-0.2, -0.15) is 0 Å². The Hall–Kier alpha value is -3.47. The zero-order chi connectivity index (χ0) is 17.9. The van der Waals surface area contributed by atoms with Gasteiger partial charge in [-0.05, 0) is 30.3 Å². The fourth-order valence-corrected chi connectivity index (χ4v) is 3.12. The van der Waals surface area contributed by atoms with Crippen LogP contribution in [0.3, 0.4) is 0 Å². The number of phenolic OH excluding ortho intramolecular Hbond substituents is 1. The number of benzene rings is 2. The second-order valence-electron chi connectivity index (χ2n) is 5.94. The van der Waals surface area contributed by atoms with Crippen LogP contribution in [0.5, 0.6) is 5.75 Å². The average molecular weight is 346 g/mol. The number of H-pyrrole nitrogens is 1. The fraction of sp³-hybridized carbons (Fsp3) is 0.0476. The average Bonchev–Trinajstić information content (AvgIpc) is 2.68. The van der Waals surface area contributed by atoms with Crippen molar-refractivity contribution in [3.63, 3.8) is 0 Å². The fourth-order valence-electron chi connectivity index (χ4n) is 3.12. The van der Waals surface area contributed by atoms with Gasteiger partial charge in [-0.15, -0.1) is 0 Å². The molecule has 0 saturated heterocycles. The number of aromatic hydroxyl groups is 1. The van der Waals surface area contributed by atoms with Gasteiger partial charge in [0.25, 0.3) is 5.82 Å². The highest BCUT2D eigenvalue weighted by Crippen LogP contribution is 2.37. The third-order valence-electron chi connectivity index (χ3n) is 4.32. The van der Waals surface area contributed by atoms with Gasteiger partial charge in [0, 0.05) is 23.2 Å². The maximum atomic E-state index is 14.6. The summed E-state index contributed by atoms with van der Waals surface area (Å²) in [4.78, 5) is 7.44. The van der Waals surface area contributed by atoms with Crippen molar-refractivity contribution >= 4 is 16.7 Å². The van der Waals surface area contributed by atoms with Crippen LogP contribution >= 0.6 is 0 Å². The molecule has 1 atom stereocenters. The molecule has 2 aromatic heterocycles. The molecule has 0 bridgehead atoms. The molecule has 0 fully saturated rings. The van der Waals surface area contributed by atoms with Gasteiger partial charge >= 0.3 is 0 Å². The minimum absolute atomic E-state index is 0.0854. The Morgan fingerprint density at radius 1 is 0.962 bits per heavy atom. The van der Waals surface area contributed by atoms with Crippen LogP contribution in [0.1, 0.15) is 17.2 Å². The van der Waals surface area contributed by atoms with E-state index in [1.165, 1.54) is 6.07 Å². The Balaban J connectivity index is 1.94. The van der Waals surface area contributed by atoms with Gasteiger partial charge in [-0.1, -0.05) is 30.3 Å². The van der Waals surface area contributed by atoms with Gasteiger partial charge in [0.15, 0.2) is 6.04 Å². The van der Waals surface area contributed by atoms with Crippen molar-refractivity contribution < 1.29 is 14.5 Å². The minimum Gasteiger partial charge on any atom is -0.507 e. The second kappa shape index (κ2) is 6.80. The normalized spacial score (nSPS) is 12.0. The molecule has 4 rings (SSSR count). The smallest absolute Gasteiger partial charge is 0.272 e. The van der Waals surface area contributed by atoms with Crippen LogP contribution in [0.2, 0.25) is 0 Å². The van der Waals surface area contributed by atoms with Crippen molar-refractivity contribution in [2.24, 2.45) is 0 Å². The van der Waals surface area contributed by atoms with Gasteiger partial charge in [-0.3, -0.25) is 10.3 Å². The first kappa shape index (κ1) is 16.0. The summed E-state index contributed by atoms with van der Waals surface area (Å²) in [7, 11) is 0. The van der Waals surface area contributed by atoms with Crippen LogP contribution in [-0.4, -0.2) is 10.1 Å². The largest absolute Gasteiger partial charge is 0.507 e. The standard InChI is InChI=1S/C21H16FN3O/c22-16-8-2-1-6-14(16)21(25-19-9-3-4-12-24-19)20-15-7-5-13-23-17(15)10-11-18(20)26/h1-13,21,26H,(H,24,25)/p+1/t21-/m0/s1. The van der Waals surface area contributed by atoms with Crippen LogP contribution in [0, 0.1) is 5.82 Å². The zero-order valence-electron chi connectivity index (χ0n) is 13.9.